The number of nitro benzene ring substituents is 1. The van der Waals surface area contributed by atoms with Crippen molar-refractivity contribution in [3.63, 3.8) is 0 Å². The molecular formula is C20H16N6O4S. The van der Waals surface area contributed by atoms with E-state index in [1.807, 2.05) is 29.6 Å². The molecule has 2 aromatic carbocycles. The number of ether oxygens (including phenoxy) is 1. The fraction of sp³-hybridized carbons (Fsp3) is 0.100. The number of nitrogens with zero attached hydrogens (tertiary/aromatic N) is 5. The fourth-order valence-corrected chi connectivity index (χ4v) is 3.65. The Kier molecular flexibility index (Phi) is 5.41. The summed E-state index contributed by atoms with van der Waals surface area (Å²) in [5, 5.41) is 24.2. The van der Waals surface area contributed by atoms with Gasteiger partial charge in [0.15, 0.2) is 11.4 Å². The maximum Gasteiger partial charge on any atom is 0.301 e. The van der Waals surface area contributed by atoms with E-state index >= 15 is 0 Å². The van der Waals surface area contributed by atoms with Gasteiger partial charge in [0, 0.05) is 17.0 Å². The molecule has 0 saturated heterocycles. The van der Waals surface area contributed by atoms with Gasteiger partial charge in [-0.2, -0.15) is 4.68 Å². The molecule has 0 radical (unpaired) electrons. The molecule has 0 fully saturated rings. The normalized spacial score (nSPS) is 11.2. The van der Waals surface area contributed by atoms with Crippen molar-refractivity contribution in [1.82, 2.24) is 14.8 Å². The largest absolute Gasteiger partial charge is 0.497 e. The Bertz CT molecular complexity index is 1340. The van der Waals surface area contributed by atoms with Crippen molar-refractivity contribution < 1.29 is 9.66 Å². The minimum absolute atomic E-state index is 0.0550. The number of rotatable bonds is 6. The van der Waals surface area contributed by atoms with Crippen LogP contribution in [0.3, 0.4) is 0 Å². The number of hydrogen-bond acceptors (Lipinski definition) is 8. The molecule has 0 saturated carbocycles. The first-order valence-electron chi connectivity index (χ1n) is 9.05. The summed E-state index contributed by atoms with van der Waals surface area (Å²) < 4.78 is 6.44. The highest BCUT2D eigenvalue weighted by molar-refractivity contribution is 7.12. The number of para-hydroxylation sites is 1. The van der Waals surface area contributed by atoms with Crippen LogP contribution in [0.1, 0.15) is 5.69 Å². The Hall–Kier alpha value is -4.12. The quantitative estimate of drug-likeness (QED) is 0.260. The van der Waals surface area contributed by atoms with E-state index in [2.05, 4.69) is 20.3 Å². The zero-order chi connectivity index (χ0) is 22.0. The van der Waals surface area contributed by atoms with Crippen molar-refractivity contribution in [3.05, 3.63) is 80.1 Å². The van der Waals surface area contributed by atoms with Gasteiger partial charge in [-0.05, 0) is 37.3 Å². The maximum atomic E-state index is 12.9. The van der Waals surface area contributed by atoms with Gasteiger partial charge in [-0.15, -0.1) is 21.6 Å². The van der Waals surface area contributed by atoms with E-state index in [0.717, 1.165) is 11.3 Å². The molecule has 2 aromatic heterocycles. The summed E-state index contributed by atoms with van der Waals surface area (Å²) in [7, 11) is 1.60. The number of aromatic nitrogens is 3. The van der Waals surface area contributed by atoms with Crippen molar-refractivity contribution in [2.75, 3.05) is 7.11 Å². The van der Waals surface area contributed by atoms with E-state index in [1.165, 1.54) is 34.2 Å². The van der Waals surface area contributed by atoms with Crippen molar-refractivity contribution >= 4 is 28.4 Å². The third-order valence-corrected chi connectivity index (χ3v) is 5.27. The molecule has 31 heavy (non-hydrogen) atoms. The van der Waals surface area contributed by atoms with Crippen LogP contribution >= 0.6 is 11.3 Å². The van der Waals surface area contributed by atoms with Gasteiger partial charge in [0.2, 0.25) is 5.13 Å². The highest BCUT2D eigenvalue weighted by Gasteiger charge is 2.17. The smallest absolute Gasteiger partial charge is 0.301 e. The molecule has 0 aliphatic heterocycles. The lowest BCUT2D eigenvalue weighted by Gasteiger charge is -2.00. The lowest BCUT2D eigenvalue weighted by molar-refractivity contribution is -0.384. The van der Waals surface area contributed by atoms with E-state index in [9.17, 15) is 14.9 Å². The summed E-state index contributed by atoms with van der Waals surface area (Å²) >= 11 is 1.29. The third kappa shape index (κ3) is 3.98. The Balaban J connectivity index is 1.66. The van der Waals surface area contributed by atoms with E-state index in [1.54, 1.807) is 20.1 Å². The summed E-state index contributed by atoms with van der Waals surface area (Å²) in [5.74, 6) is 0.740. The minimum Gasteiger partial charge on any atom is -0.497 e. The number of nitrogens with one attached hydrogen (secondary N) is 1. The Labute approximate surface area is 179 Å². The molecule has 2 heterocycles. The fourth-order valence-electron chi connectivity index (χ4n) is 2.86. The monoisotopic (exact) mass is 436 g/mol. The summed E-state index contributed by atoms with van der Waals surface area (Å²) in [4.78, 5) is 28.0. The summed E-state index contributed by atoms with van der Waals surface area (Å²) in [6, 6.07) is 13.4. The van der Waals surface area contributed by atoms with Gasteiger partial charge in [-0.25, -0.2) is 4.98 Å². The van der Waals surface area contributed by atoms with Crippen LogP contribution < -0.4 is 10.3 Å². The van der Waals surface area contributed by atoms with Crippen LogP contribution in [0.5, 0.6) is 5.75 Å². The Morgan fingerprint density at radius 1 is 1.16 bits per heavy atom. The number of hydrogen-bond donors (Lipinski definition) is 1. The average Bonchev–Trinajstić information content (AvgIpc) is 3.37. The molecule has 0 spiro atoms. The molecule has 11 heteroatoms. The predicted molar refractivity (Wildman–Crippen MR) is 116 cm³/mol. The van der Waals surface area contributed by atoms with Crippen LogP contribution in [0.15, 0.2) is 68.9 Å². The van der Waals surface area contributed by atoms with Crippen molar-refractivity contribution in [3.8, 4) is 22.1 Å². The number of aromatic amines is 1. The molecule has 156 valence electrons. The van der Waals surface area contributed by atoms with E-state index < -0.39 is 10.5 Å². The van der Waals surface area contributed by atoms with Gasteiger partial charge in [-0.1, -0.05) is 12.1 Å². The van der Waals surface area contributed by atoms with Crippen molar-refractivity contribution in [2.45, 2.75) is 6.92 Å². The number of benzene rings is 2. The zero-order valence-electron chi connectivity index (χ0n) is 16.5. The van der Waals surface area contributed by atoms with Gasteiger partial charge in [0.05, 0.1) is 23.4 Å². The molecule has 10 nitrogen and oxygen atoms in total. The van der Waals surface area contributed by atoms with E-state index in [-0.39, 0.29) is 17.1 Å². The van der Waals surface area contributed by atoms with Crippen LogP contribution in [0.4, 0.5) is 17.1 Å². The standard InChI is InChI=1S/C20H16N6O4S/c1-12-18(23-22-15-5-3-4-6-17(15)26(28)29)19(27)25(24-12)20-21-16(11-31-20)13-7-9-14(30-2)10-8-13/h3-11,24H,1-2H3. The van der Waals surface area contributed by atoms with E-state index in [0.29, 0.717) is 16.5 Å². The van der Waals surface area contributed by atoms with Crippen molar-refractivity contribution in [1.29, 1.82) is 0 Å². The van der Waals surface area contributed by atoms with Crippen LogP contribution in [0.2, 0.25) is 0 Å². The molecule has 0 atom stereocenters. The summed E-state index contributed by atoms with van der Waals surface area (Å²) in [6.45, 7) is 1.67. The topological polar surface area (TPSA) is 128 Å². The number of aryl methyl sites for hydroxylation is 1. The number of methoxy groups -OCH3 is 1. The van der Waals surface area contributed by atoms with Crippen molar-refractivity contribution in [2.24, 2.45) is 10.2 Å². The average molecular weight is 436 g/mol. The van der Waals surface area contributed by atoms with Gasteiger partial charge in [0.1, 0.15) is 5.75 Å². The van der Waals surface area contributed by atoms with Crippen LogP contribution in [-0.2, 0) is 0 Å². The number of H-pyrrole nitrogens is 1. The second-order valence-electron chi connectivity index (χ2n) is 6.42. The molecule has 0 bridgehead atoms. The molecule has 4 aromatic rings. The van der Waals surface area contributed by atoms with Gasteiger partial charge < -0.3 is 4.74 Å². The molecule has 0 amide bonds. The lowest BCUT2D eigenvalue weighted by atomic mass is 10.2. The highest BCUT2D eigenvalue weighted by Crippen LogP contribution is 2.29. The predicted octanol–water partition coefficient (Wildman–Crippen LogP) is 4.93. The highest BCUT2D eigenvalue weighted by atomic mass is 32.1. The molecule has 0 aliphatic rings. The van der Waals surface area contributed by atoms with E-state index in [4.69, 9.17) is 4.74 Å². The first-order chi connectivity index (χ1) is 15.0. The van der Waals surface area contributed by atoms with Crippen LogP contribution in [-0.4, -0.2) is 26.8 Å². The molecule has 0 unspecified atom stereocenters. The van der Waals surface area contributed by atoms with Crippen LogP contribution in [0.25, 0.3) is 16.4 Å². The minimum atomic E-state index is -0.549. The third-order valence-electron chi connectivity index (χ3n) is 4.45. The van der Waals surface area contributed by atoms with Crippen LogP contribution in [0, 0.1) is 17.0 Å². The molecule has 1 N–H and O–H groups in total. The molecule has 4 rings (SSSR count). The second-order valence-corrected chi connectivity index (χ2v) is 7.25. The first kappa shape index (κ1) is 20.2. The lowest BCUT2D eigenvalue weighted by Crippen LogP contribution is -2.13. The summed E-state index contributed by atoms with van der Waals surface area (Å²) in [5.41, 5.74) is 1.54. The second kappa shape index (κ2) is 8.32. The SMILES string of the molecule is COc1ccc(-c2csc(-n3[nH]c(C)c(N=Nc4ccccc4[N+](=O)[O-])c3=O)n2)cc1. The van der Waals surface area contributed by atoms with Gasteiger partial charge in [0.25, 0.3) is 5.69 Å². The Morgan fingerprint density at radius 3 is 2.61 bits per heavy atom. The number of thiazole rings is 1. The van der Waals surface area contributed by atoms with Gasteiger partial charge in [-0.3, -0.25) is 20.0 Å². The maximum absolute atomic E-state index is 12.9. The first-order valence-corrected chi connectivity index (χ1v) is 9.93. The number of nitro groups is 1. The summed E-state index contributed by atoms with van der Waals surface area (Å²) in [6.07, 6.45) is 0. The van der Waals surface area contributed by atoms with Gasteiger partial charge >= 0.3 is 5.56 Å². The number of azo groups is 1. The zero-order valence-corrected chi connectivity index (χ0v) is 17.3. The Morgan fingerprint density at radius 2 is 1.90 bits per heavy atom. The molecular weight excluding hydrogens is 420 g/mol. The molecule has 0 aliphatic carbocycles.